The average molecular weight is 329 g/mol. The molecule has 1 aromatic heterocycles. The first-order valence-corrected chi connectivity index (χ1v) is 7.89. The molecule has 0 radical (unpaired) electrons. The van der Waals surface area contributed by atoms with E-state index in [1.807, 2.05) is 0 Å². The number of unbranched alkanes of at least 4 members (excludes halogenated alkanes) is 2. The van der Waals surface area contributed by atoms with Crippen LogP contribution in [0.1, 0.15) is 32.4 Å². The van der Waals surface area contributed by atoms with Crippen LogP contribution in [0.2, 0.25) is 0 Å². The number of nitrogens with zero attached hydrogens (tertiary/aromatic N) is 2. The van der Waals surface area contributed by atoms with Gasteiger partial charge in [0.25, 0.3) is 0 Å². The second kappa shape index (κ2) is 7.98. The standard InChI is InChI=1S/C14H23N3O4S/c1-2-3-4-7-20-8-9-11(18)12(19)13(21-9)17-6-5-10(15)16-14(17)22/h5-6,9,11-13,18-19H,2-4,7-8H2,1H3,(H2,15,16,22)/t9-,11-,12+,13-/m1/s1. The van der Waals surface area contributed by atoms with Crippen LogP contribution in [0, 0.1) is 4.77 Å². The largest absolute Gasteiger partial charge is 0.387 e. The highest BCUT2D eigenvalue weighted by Crippen LogP contribution is 2.29. The van der Waals surface area contributed by atoms with E-state index < -0.39 is 24.5 Å². The van der Waals surface area contributed by atoms with Crippen molar-refractivity contribution in [1.29, 1.82) is 0 Å². The maximum Gasteiger partial charge on any atom is 0.203 e. The highest BCUT2D eigenvalue weighted by atomic mass is 32.1. The van der Waals surface area contributed by atoms with E-state index in [9.17, 15) is 10.2 Å². The SMILES string of the molecule is CCCCCOC[C@H]1O[C@@H](n2ccc(N)nc2=S)[C@@H](O)[C@@H]1O. The molecule has 4 atom stereocenters. The van der Waals surface area contributed by atoms with Crippen LogP contribution in [-0.4, -0.2) is 51.3 Å². The predicted octanol–water partition coefficient (Wildman–Crippen LogP) is 1.02. The molecular weight excluding hydrogens is 306 g/mol. The van der Waals surface area contributed by atoms with Crippen molar-refractivity contribution >= 4 is 18.0 Å². The normalized spacial score (nSPS) is 28.1. The zero-order valence-electron chi connectivity index (χ0n) is 12.6. The van der Waals surface area contributed by atoms with Gasteiger partial charge in [-0.1, -0.05) is 19.8 Å². The number of hydrogen-bond acceptors (Lipinski definition) is 7. The van der Waals surface area contributed by atoms with E-state index >= 15 is 0 Å². The summed E-state index contributed by atoms with van der Waals surface area (Å²) >= 11 is 5.11. The summed E-state index contributed by atoms with van der Waals surface area (Å²) in [5.41, 5.74) is 5.56. The number of aliphatic hydroxyl groups excluding tert-OH is 2. The third kappa shape index (κ3) is 4.02. The summed E-state index contributed by atoms with van der Waals surface area (Å²) in [6, 6.07) is 1.56. The summed E-state index contributed by atoms with van der Waals surface area (Å²) in [5.74, 6) is 0.296. The molecule has 124 valence electrons. The van der Waals surface area contributed by atoms with Crippen molar-refractivity contribution in [1.82, 2.24) is 9.55 Å². The minimum atomic E-state index is -1.10. The van der Waals surface area contributed by atoms with Gasteiger partial charge >= 0.3 is 0 Å². The lowest BCUT2D eigenvalue weighted by Crippen LogP contribution is -2.34. The Balaban J connectivity index is 1.96. The molecular formula is C14H23N3O4S. The first-order valence-electron chi connectivity index (χ1n) is 7.48. The van der Waals surface area contributed by atoms with Gasteiger partial charge in [-0.05, 0) is 24.7 Å². The Hall–Kier alpha value is -1.06. The van der Waals surface area contributed by atoms with Crippen LogP contribution < -0.4 is 5.73 Å². The summed E-state index contributed by atoms with van der Waals surface area (Å²) in [5, 5.41) is 20.2. The van der Waals surface area contributed by atoms with Gasteiger partial charge in [-0.3, -0.25) is 4.57 Å². The molecule has 22 heavy (non-hydrogen) atoms. The lowest BCUT2D eigenvalue weighted by Gasteiger charge is -2.18. The number of rotatable bonds is 7. The zero-order valence-corrected chi connectivity index (χ0v) is 13.4. The van der Waals surface area contributed by atoms with Gasteiger partial charge in [-0.15, -0.1) is 0 Å². The molecule has 2 heterocycles. The maximum atomic E-state index is 10.2. The van der Waals surface area contributed by atoms with Crippen molar-refractivity contribution in [3.63, 3.8) is 0 Å². The minimum absolute atomic E-state index is 0.195. The van der Waals surface area contributed by atoms with Crippen LogP contribution >= 0.6 is 12.2 Å². The van der Waals surface area contributed by atoms with Crippen molar-refractivity contribution in [3.05, 3.63) is 17.0 Å². The van der Waals surface area contributed by atoms with Crippen molar-refractivity contribution in [3.8, 4) is 0 Å². The molecule has 0 unspecified atom stereocenters. The van der Waals surface area contributed by atoms with E-state index in [1.165, 1.54) is 4.57 Å². The summed E-state index contributed by atoms with van der Waals surface area (Å²) in [6.45, 7) is 2.97. The number of hydrogen-bond donors (Lipinski definition) is 3. The Bertz CT molecular complexity index is 539. The third-order valence-corrected chi connectivity index (χ3v) is 3.94. The molecule has 7 nitrogen and oxygen atoms in total. The quantitative estimate of drug-likeness (QED) is 0.507. The molecule has 1 saturated heterocycles. The van der Waals surface area contributed by atoms with Crippen LogP contribution in [0.25, 0.3) is 0 Å². The van der Waals surface area contributed by atoms with Crippen LogP contribution in [0.3, 0.4) is 0 Å². The van der Waals surface area contributed by atoms with Gasteiger partial charge in [0.1, 0.15) is 24.1 Å². The third-order valence-electron chi connectivity index (χ3n) is 3.64. The van der Waals surface area contributed by atoms with Crippen LogP contribution in [0.5, 0.6) is 0 Å². The van der Waals surface area contributed by atoms with Crippen molar-refractivity contribution in [2.45, 2.75) is 50.7 Å². The smallest absolute Gasteiger partial charge is 0.203 e. The lowest BCUT2D eigenvalue weighted by atomic mass is 10.1. The van der Waals surface area contributed by atoms with E-state index in [2.05, 4.69) is 11.9 Å². The maximum absolute atomic E-state index is 10.2. The highest BCUT2D eigenvalue weighted by Gasteiger charge is 2.43. The van der Waals surface area contributed by atoms with Crippen molar-refractivity contribution < 1.29 is 19.7 Å². The van der Waals surface area contributed by atoms with E-state index in [0.29, 0.717) is 12.4 Å². The molecule has 1 aromatic rings. The van der Waals surface area contributed by atoms with E-state index in [4.69, 9.17) is 27.4 Å². The zero-order chi connectivity index (χ0) is 16.1. The monoisotopic (exact) mass is 329 g/mol. The fourth-order valence-corrected chi connectivity index (χ4v) is 2.64. The number of aliphatic hydroxyl groups is 2. The van der Waals surface area contributed by atoms with Gasteiger partial charge in [0.15, 0.2) is 6.23 Å². The van der Waals surface area contributed by atoms with E-state index in [1.54, 1.807) is 12.3 Å². The van der Waals surface area contributed by atoms with Gasteiger partial charge in [0, 0.05) is 12.8 Å². The van der Waals surface area contributed by atoms with E-state index in [-0.39, 0.29) is 11.4 Å². The van der Waals surface area contributed by atoms with Gasteiger partial charge in [-0.2, -0.15) is 0 Å². The van der Waals surface area contributed by atoms with Crippen LogP contribution in [0.4, 0.5) is 5.82 Å². The molecule has 0 aromatic carbocycles. The molecule has 2 rings (SSSR count). The molecule has 0 bridgehead atoms. The van der Waals surface area contributed by atoms with Crippen molar-refractivity contribution in [2.75, 3.05) is 18.9 Å². The van der Waals surface area contributed by atoms with Gasteiger partial charge in [0.05, 0.1) is 6.61 Å². The fourth-order valence-electron chi connectivity index (χ4n) is 2.37. The Morgan fingerprint density at radius 2 is 2.18 bits per heavy atom. The summed E-state index contributed by atoms with van der Waals surface area (Å²) in [4.78, 5) is 3.95. The molecule has 0 aliphatic carbocycles. The molecule has 1 fully saturated rings. The molecule has 8 heteroatoms. The molecule has 4 N–H and O–H groups in total. The second-order valence-corrected chi connectivity index (χ2v) is 5.74. The first kappa shape index (κ1) is 17.3. The molecule has 1 aliphatic heterocycles. The summed E-state index contributed by atoms with van der Waals surface area (Å²) in [6.07, 6.45) is 1.27. The summed E-state index contributed by atoms with van der Waals surface area (Å²) < 4.78 is 12.9. The first-order chi connectivity index (χ1) is 10.5. The molecule has 0 spiro atoms. The van der Waals surface area contributed by atoms with E-state index in [0.717, 1.165) is 19.3 Å². The van der Waals surface area contributed by atoms with Crippen molar-refractivity contribution in [2.24, 2.45) is 0 Å². The Morgan fingerprint density at radius 3 is 2.86 bits per heavy atom. The van der Waals surface area contributed by atoms with Gasteiger partial charge in [-0.25, -0.2) is 4.98 Å². The number of nitrogens with two attached hydrogens (primary N) is 1. The Morgan fingerprint density at radius 1 is 1.41 bits per heavy atom. The number of nitrogen functional groups attached to an aromatic ring is 1. The van der Waals surface area contributed by atoms with Crippen LogP contribution in [-0.2, 0) is 9.47 Å². The number of aromatic nitrogens is 2. The lowest BCUT2D eigenvalue weighted by molar-refractivity contribution is -0.0679. The summed E-state index contributed by atoms with van der Waals surface area (Å²) in [7, 11) is 0. The average Bonchev–Trinajstić information content (AvgIpc) is 2.75. The minimum Gasteiger partial charge on any atom is -0.387 e. The second-order valence-electron chi connectivity index (χ2n) is 5.37. The molecule has 0 amide bonds. The highest BCUT2D eigenvalue weighted by molar-refractivity contribution is 7.71. The molecule has 0 saturated carbocycles. The topological polar surface area (TPSA) is 103 Å². The number of ether oxygens (including phenoxy) is 2. The Kier molecular flexibility index (Phi) is 6.27. The van der Waals surface area contributed by atoms with Crippen LogP contribution in [0.15, 0.2) is 12.3 Å². The fraction of sp³-hybridized carbons (Fsp3) is 0.714. The predicted molar refractivity (Wildman–Crippen MR) is 83.7 cm³/mol. The van der Waals surface area contributed by atoms with Gasteiger partial charge in [0.2, 0.25) is 4.77 Å². The van der Waals surface area contributed by atoms with Gasteiger partial charge < -0.3 is 25.4 Å². The Labute approximate surface area is 134 Å². The molecule has 1 aliphatic rings. The number of anilines is 1.